The molecule has 0 bridgehead atoms. The number of carbonyl (C=O) groups is 1. The summed E-state index contributed by atoms with van der Waals surface area (Å²) in [6.45, 7) is 0. The van der Waals surface area contributed by atoms with Gasteiger partial charge in [0.1, 0.15) is 11.6 Å². The van der Waals surface area contributed by atoms with Crippen LogP contribution in [0.4, 0.5) is 0 Å². The highest BCUT2D eigenvalue weighted by Crippen LogP contribution is 2.47. The Bertz CT molecular complexity index is 1490. The number of aromatic amines is 1. The summed E-state index contributed by atoms with van der Waals surface area (Å²) < 4.78 is 5.22. The number of nitrogens with zero attached hydrogens (tertiary/aromatic N) is 2. The lowest BCUT2D eigenvalue weighted by Crippen LogP contribution is -2.29. The molecule has 0 spiro atoms. The minimum atomic E-state index is -0.219. The molecule has 1 amide bonds. The Kier molecular flexibility index (Phi) is 4.84. The third kappa shape index (κ3) is 3.40. The Hall–Kier alpha value is -4.45. The maximum absolute atomic E-state index is 13.0. The molecule has 1 atom stereocenters. The first-order chi connectivity index (χ1) is 16.7. The zero-order valence-electron chi connectivity index (χ0n) is 18.6. The number of fused-ring (bicyclic) bond motifs is 4. The molecule has 6 nitrogen and oxygen atoms in total. The number of pyridine rings is 1. The second-order valence-corrected chi connectivity index (χ2v) is 8.36. The van der Waals surface area contributed by atoms with Crippen LogP contribution >= 0.6 is 0 Å². The first-order valence-corrected chi connectivity index (χ1v) is 11.2. The fraction of sp³-hybridized carbons (Fsp3) is 0.107. The Balaban J connectivity index is 1.37. The smallest absolute Gasteiger partial charge is 0.225 e. The van der Waals surface area contributed by atoms with Crippen LogP contribution in [-0.4, -0.2) is 28.0 Å². The predicted octanol–water partition coefficient (Wildman–Crippen LogP) is 5.06. The third-order valence-electron chi connectivity index (χ3n) is 6.32. The van der Waals surface area contributed by atoms with Gasteiger partial charge in [-0.15, -0.1) is 0 Å². The molecule has 34 heavy (non-hydrogen) atoms. The molecule has 6 rings (SSSR count). The van der Waals surface area contributed by atoms with Crippen molar-refractivity contribution in [2.45, 2.75) is 12.5 Å². The normalized spacial score (nSPS) is 14.0. The van der Waals surface area contributed by atoms with Crippen LogP contribution < -0.4 is 10.1 Å². The molecule has 0 saturated heterocycles. The van der Waals surface area contributed by atoms with Gasteiger partial charge >= 0.3 is 0 Å². The predicted molar refractivity (Wildman–Crippen MR) is 131 cm³/mol. The van der Waals surface area contributed by atoms with Crippen LogP contribution in [0.2, 0.25) is 0 Å². The van der Waals surface area contributed by atoms with Gasteiger partial charge in [-0.25, -0.2) is 4.98 Å². The van der Waals surface area contributed by atoms with E-state index in [-0.39, 0.29) is 11.9 Å². The summed E-state index contributed by atoms with van der Waals surface area (Å²) in [5.74, 6) is 1.54. The first kappa shape index (κ1) is 20.2. The molecule has 1 aliphatic rings. The van der Waals surface area contributed by atoms with E-state index < -0.39 is 0 Å². The van der Waals surface area contributed by atoms with Gasteiger partial charge in [0, 0.05) is 11.8 Å². The van der Waals surface area contributed by atoms with Crippen LogP contribution in [0, 0.1) is 0 Å². The maximum atomic E-state index is 13.0. The fourth-order valence-corrected chi connectivity index (χ4v) is 4.73. The van der Waals surface area contributed by atoms with Crippen molar-refractivity contribution in [1.29, 1.82) is 0 Å². The second-order valence-electron chi connectivity index (χ2n) is 8.36. The van der Waals surface area contributed by atoms with Gasteiger partial charge in [0.05, 0.1) is 36.8 Å². The Labute approximate surface area is 196 Å². The summed E-state index contributed by atoms with van der Waals surface area (Å²) in [7, 11) is 1.63. The maximum Gasteiger partial charge on any atom is 0.225 e. The van der Waals surface area contributed by atoms with Crippen LogP contribution in [0.5, 0.6) is 5.75 Å². The number of ether oxygens (including phenoxy) is 1. The Morgan fingerprint density at radius 1 is 0.971 bits per heavy atom. The fourth-order valence-electron chi connectivity index (χ4n) is 4.73. The average molecular weight is 447 g/mol. The molecule has 5 aromatic rings. The number of methoxy groups -OCH3 is 1. The number of hydrogen-bond donors (Lipinski definition) is 2. The number of aromatic nitrogens is 3. The lowest BCUT2D eigenvalue weighted by molar-refractivity contribution is -0.120. The zero-order chi connectivity index (χ0) is 23.1. The number of benzene rings is 3. The zero-order valence-corrected chi connectivity index (χ0v) is 18.6. The van der Waals surface area contributed by atoms with Crippen LogP contribution in [0.15, 0.2) is 85.2 Å². The molecule has 1 aliphatic carbocycles. The molecule has 0 saturated carbocycles. The molecule has 2 N–H and O–H groups in total. The number of hydrogen-bond acceptors (Lipinski definition) is 4. The van der Waals surface area contributed by atoms with Crippen molar-refractivity contribution >= 4 is 16.9 Å². The van der Waals surface area contributed by atoms with Gasteiger partial charge in [0.2, 0.25) is 5.91 Å². The molecule has 166 valence electrons. The van der Waals surface area contributed by atoms with E-state index in [0.29, 0.717) is 6.42 Å². The van der Waals surface area contributed by atoms with E-state index in [0.717, 1.165) is 56.0 Å². The van der Waals surface area contributed by atoms with Gasteiger partial charge in [0.25, 0.3) is 0 Å². The molecule has 0 unspecified atom stereocenters. The van der Waals surface area contributed by atoms with Gasteiger partial charge < -0.3 is 15.0 Å². The van der Waals surface area contributed by atoms with Crippen molar-refractivity contribution in [3.05, 3.63) is 102 Å². The number of amides is 1. The van der Waals surface area contributed by atoms with E-state index in [1.807, 2.05) is 48.5 Å². The molecule has 2 heterocycles. The van der Waals surface area contributed by atoms with Crippen molar-refractivity contribution in [3.63, 3.8) is 0 Å². The average Bonchev–Trinajstić information content (AvgIpc) is 3.44. The van der Waals surface area contributed by atoms with Crippen LogP contribution in [0.1, 0.15) is 22.7 Å². The molecule has 2 aromatic heterocycles. The number of carbonyl (C=O) groups excluding carboxylic acids is 1. The summed E-state index contributed by atoms with van der Waals surface area (Å²) in [6, 6.07) is 23.7. The van der Waals surface area contributed by atoms with Gasteiger partial charge in [0.15, 0.2) is 0 Å². The quantitative estimate of drug-likeness (QED) is 0.395. The van der Waals surface area contributed by atoms with Crippen LogP contribution in [0.3, 0.4) is 0 Å². The van der Waals surface area contributed by atoms with E-state index in [1.54, 1.807) is 19.5 Å². The van der Waals surface area contributed by atoms with Gasteiger partial charge in [-0.3, -0.25) is 9.78 Å². The minimum absolute atomic E-state index is 0.0296. The number of imidazole rings is 1. The Morgan fingerprint density at radius 3 is 2.59 bits per heavy atom. The molecule has 0 radical (unpaired) electrons. The van der Waals surface area contributed by atoms with Crippen molar-refractivity contribution < 1.29 is 9.53 Å². The van der Waals surface area contributed by atoms with Gasteiger partial charge in [-0.05, 0) is 46.0 Å². The monoisotopic (exact) mass is 446 g/mol. The van der Waals surface area contributed by atoms with E-state index in [2.05, 4.69) is 39.6 Å². The van der Waals surface area contributed by atoms with Crippen molar-refractivity contribution in [3.8, 4) is 28.3 Å². The molecule has 6 heteroatoms. The summed E-state index contributed by atoms with van der Waals surface area (Å²) >= 11 is 0. The van der Waals surface area contributed by atoms with Crippen molar-refractivity contribution in [1.82, 2.24) is 20.3 Å². The summed E-state index contributed by atoms with van der Waals surface area (Å²) in [6.07, 6.45) is 3.82. The second kappa shape index (κ2) is 8.15. The Morgan fingerprint density at radius 2 is 1.76 bits per heavy atom. The van der Waals surface area contributed by atoms with Gasteiger partial charge in [-0.2, -0.15) is 0 Å². The standard InChI is InChI=1S/C28H22N4O2/c1-34-18-11-9-17(10-12-18)15-25(33)32-27-20-6-3-2-5-19(20)26-21(27)7-4-8-22(26)28-30-23-13-14-29-16-24(23)31-28/h2-14,16,27H,15H2,1H3,(H,30,31)(H,32,33)/t27-/m1/s1. The first-order valence-electron chi connectivity index (χ1n) is 11.2. The van der Waals surface area contributed by atoms with Crippen molar-refractivity contribution in [2.24, 2.45) is 0 Å². The molecule has 0 aliphatic heterocycles. The van der Waals surface area contributed by atoms with Crippen LogP contribution in [-0.2, 0) is 11.2 Å². The summed E-state index contributed by atoms with van der Waals surface area (Å²) in [5, 5.41) is 3.26. The number of rotatable bonds is 5. The van der Waals surface area contributed by atoms with Crippen LogP contribution in [0.25, 0.3) is 33.5 Å². The third-order valence-corrected chi connectivity index (χ3v) is 6.32. The SMILES string of the molecule is COc1ccc(CC(=O)N[C@@H]2c3ccccc3-c3c(-c4nc5ccncc5[nH]4)cccc32)cc1. The summed E-state index contributed by atoms with van der Waals surface area (Å²) in [5.41, 5.74) is 8.08. The van der Waals surface area contributed by atoms with E-state index in [1.165, 1.54) is 0 Å². The highest BCUT2D eigenvalue weighted by atomic mass is 16.5. The van der Waals surface area contributed by atoms with E-state index in [9.17, 15) is 4.79 Å². The lowest BCUT2D eigenvalue weighted by Gasteiger charge is -2.16. The highest BCUT2D eigenvalue weighted by Gasteiger charge is 2.32. The topological polar surface area (TPSA) is 79.9 Å². The summed E-state index contributed by atoms with van der Waals surface area (Å²) in [4.78, 5) is 25.4. The number of H-pyrrole nitrogens is 1. The van der Waals surface area contributed by atoms with Gasteiger partial charge in [-0.1, -0.05) is 54.6 Å². The highest BCUT2D eigenvalue weighted by molar-refractivity contribution is 5.93. The van der Waals surface area contributed by atoms with Crippen molar-refractivity contribution in [2.75, 3.05) is 7.11 Å². The molecule has 0 fully saturated rings. The largest absolute Gasteiger partial charge is 0.497 e. The van der Waals surface area contributed by atoms with E-state index in [4.69, 9.17) is 9.72 Å². The van der Waals surface area contributed by atoms with E-state index >= 15 is 0 Å². The number of nitrogens with one attached hydrogen (secondary N) is 2. The molecular formula is C28H22N4O2. The lowest BCUT2D eigenvalue weighted by atomic mass is 9.98. The minimum Gasteiger partial charge on any atom is -0.497 e. The molecule has 3 aromatic carbocycles. The molecular weight excluding hydrogens is 424 g/mol.